The highest BCUT2D eigenvalue weighted by molar-refractivity contribution is 5.44. The molecule has 0 bridgehead atoms. The summed E-state index contributed by atoms with van der Waals surface area (Å²) in [5.41, 5.74) is 2.30. The highest BCUT2D eigenvalue weighted by Gasteiger charge is 2.00. The predicted molar refractivity (Wildman–Crippen MR) is 64.6 cm³/mol. The van der Waals surface area contributed by atoms with Crippen molar-refractivity contribution in [2.24, 2.45) is 0 Å². The van der Waals surface area contributed by atoms with Crippen molar-refractivity contribution in [3.8, 4) is 35.5 Å². The number of allylic oxidation sites excluding steroid dienone is 5. The first kappa shape index (κ1) is 11.0. The van der Waals surface area contributed by atoms with Crippen LogP contribution in [-0.4, -0.2) is 0 Å². The molecule has 0 radical (unpaired) electrons. The largest absolute Gasteiger partial charge is 0.102 e. The van der Waals surface area contributed by atoms with E-state index in [2.05, 4.69) is 54.3 Å². The summed E-state index contributed by atoms with van der Waals surface area (Å²) in [6, 6.07) is 0. The van der Waals surface area contributed by atoms with E-state index in [4.69, 9.17) is 0 Å². The third kappa shape index (κ3) is 4.08. The second kappa shape index (κ2) is 6.37. The van der Waals surface area contributed by atoms with E-state index in [1.807, 2.05) is 6.92 Å². The molecule has 0 aromatic carbocycles. The first-order valence-electron chi connectivity index (χ1n) is 4.80. The van der Waals surface area contributed by atoms with Crippen LogP contribution in [0, 0.1) is 35.5 Å². The Hall–Kier alpha value is -2.10. The van der Waals surface area contributed by atoms with Gasteiger partial charge in [-0.2, -0.15) is 0 Å². The summed E-state index contributed by atoms with van der Waals surface area (Å²) >= 11 is 0. The summed E-state index contributed by atoms with van der Waals surface area (Å²) in [5, 5.41) is 0. The van der Waals surface area contributed by atoms with Gasteiger partial charge in [0, 0.05) is 11.1 Å². The van der Waals surface area contributed by atoms with Gasteiger partial charge in [-0.1, -0.05) is 36.5 Å². The minimum absolute atomic E-state index is 0.868. The third-order valence-electron chi connectivity index (χ3n) is 1.88. The summed E-state index contributed by atoms with van der Waals surface area (Å²) in [6.07, 6.45) is 7.54. The van der Waals surface area contributed by atoms with Gasteiger partial charge in [0.1, 0.15) is 0 Å². The molecular formula is C15H12. The Morgan fingerprint density at radius 3 is 2.33 bits per heavy atom. The standard InChI is InChI=1S/C15H12/c1-3-5-6-7-9-15-12-10-14(8-4-2)11-13-15/h3,10,13H,1,11-12H2,2H3. The van der Waals surface area contributed by atoms with E-state index in [1.54, 1.807) is 6.08 Å². The molecule has 0 saturated carbocycles. The highest BCUT2D eigenvalue weighted by atomic mass is 14.0. The summed E-state index contributed by atoms with van der Waals surface area (Å²) in [4.78, 5) is 0. The summed E-state index contributed by atoms with van der Waals surface area (Å²) < 4.78 is 0. The normalized spacial score (nSPS) is 12.6. The van der Waals surface area contributed by atoms with Crippen molar-refractivity contribution in [1.82, 2.24) is 0 Å². The van der Waals surface area contributed by atoms with Crippen molar-refractivity contribution in [2.75, 3.05) is 0 Å². The third-order valence-corrected chi connectivity index (χ3v) is 1.88. The lowest BCUT2D eigenvalue weighted by Gasteiger charge is -2.03. The quantitative estimate of drug-likeness (QED) is 0.518. The molecule has 1 aliphatic rings. The topological polar surface area (TPSA) is 0 Å². The van der Waals surface area contributed by atoms with Crippen molar-refractivity contribution in [3.05, 3.63) is 36.0 Å². The fraction of sp³-hybridized carbons (Fsp3) is 0.200. The maximum Gasteiger partial charge on any atom is 0.00324 e. The van der Waals surface area contributed by atoms with Gasteiger partial charge in [-0.25, -0.2) is 0 Å². The van der Waals surface area contributed by atoms with Crippen molar-refractivity contribution in [3.63, 3.8) is 0 Å². The van der Waals surface area contributed by atoms with E-state index < -0.39 is 0 Å². The number of hydrogen-bond donors (Lipinski definition) is 0. The van der Waals surface area contributed by atoms with E-state index in [0.29, 0.717) is 0 Å². The van der Waals surface area contributed by atoms with Gasteiger partial charge in [0.2, 0.25) is 0 Å². The van der Waals surface area contributed by atoms with Crippen LogP contribution in [0.3, 0.4) is 0 Å². The minimum atomic E-state index is 0.868. The molecule has 0 N–H and O–H groups in total. The molecule has 0 atom stereocenters. The van der Waals surface area contributed by atoms with Crippen LogP contribution in [0.4, 0.5) is 0 Å². The maximum absolute atomic E-state index is 3.49. The zero-order chi connectivity index (χ0) is 10.9. The molecule has 0 unspecified atom stereocenters. The van der Waals surface area contributed by atoms with Crippen LogP contribution < -0.4 is 0 Å². The SMILES string of the molecule is C=CC#CC#CC1=CCC(C#CC)=CC1. The van der Waals surface area contributed by atoms with Gasteiger partial charge in [0.25, 0.3) is 0 Å². The van der Waals surface area contributed by atoms with Gasteiger partial charge in [-0.15, -0.1) is 5.92 Å². The van der Waals surface area contributed by atoms with E-state index in [-0.39, 0.29) is 0 Å². The van der Waals surface area contributed by atoms with Crippen molar-refractivity contribution in [1.29, 1.82) is 0 Å². The Bertz CT molecular complexity index is 479. The lowest BCUT2D eigenvalue weighted by molar-refractivity contribution is 1.14. The molecule has 0 aromatic rings. The molecule has 0 saturated heterocycles. The number of rotatable bonds is 0. The smallest absolute Gasteiger partial charge is 0.00324 e. The second-order valence-corrected chi connectivity index (χ2v) is 2.97. The Morgan fingerprint density at radius 2 is 1.80 bits per heavy atom. The molecule has 15 heavy (non-hydrogen) atoms. The lowest BCUT2D eigenvalue weighted by atomic mass is 10.00. The molecule has 0 aromatic heterocycles. The molecule has 72 valence electrons. The van der Waals surface area contributed by atoms with E-state index >= 15 is 0 Å². The monoisotopic (exact) mass is 192 g/mol. The van der Waals surface area contributed by atoms with Gasteiger partial charge in [-0.3, -0.25) is 0 Å². The molecule has 0 heterocycles. The fourth-order valence-electron chi connectivity index (χ4n) is 1.20. The van der Waals surface area contributed by atoms with E-state index in [9.17, 15) is 0 Å². The van der Waals surface area contributed by atoms with E-state index in [0.717, 1.165) is 18.4 Å². The number of hydrogen-bond acceptors (Lipinski definition) is 0. The zero-order valence-corrected chi connectivity index (χ0v) is 8.85. The molecule has 0 aliphatic heterocycles. The van der Waals surface area contributed by atoms with Crippen LogP contribution in [0.25, 0.3) is 0 Å². The Balaban J connectivity index is 2.58. The average Bonchev–Trinajstić information content (AvgIpc) is 2.27. The predicted octanol–water partition coefficient (Wildman–Crippen LogP) is 2.85. The Labute approximate surface area is 91.8 Å². The minimum Gasteiger partial charge on any atom is -0.102 e. The Kier molecular flexibility index (Phi) is 4.66. The Morgan fingerprint density at radius 1 is 1.13 bits per heavy atom. The van der Waals surface area contributed by atoms with Crippen molar-refractivity contribution < 1.29 is 0 Å². The highest BCUT2D eigenvalue weighted by Crippen LogP contribution is 2.15. The summed E-state index contributed by atoms with van der Waals surface area (Å²) in [5.74, 6) is 17.1. The van der Waals surface area contributed by atoms with Gasteiger partial charge < -0.3 is 0 Å². The zero-order valence-electron chi connectivity index (χ0n) is 8.85. The fourth-order valence-corrected chi connectivity index (χ4v) is 1.20. The second-order valence-electron chi connectivity index (χ2n) is 2.97. The van der Waals surface area contributed by atoms with Crippen LogP contribution in [-0.2, 0) is 0 Å². The van der Waals surface area contributed by atoms with Crippen LogP contribution in [0.1, 0.15) is 19.8 Å². The van der Waals surface area contributed by atoms with Crippen molar-refractivity contribution >= 4 is 0 Å². The van der Waals surface area contributed by atoms with Crippen LogP contribution in [0.2, 0.25) is 0 Å². The van der Waals surface area contributed by atoms with Gasteiger partial charge in [0.15, 0.2) is 0 Å². The summed E-state index contributed by atoms with van der Waals surface area (Å²) in [6.45, 7) is 5.35. The van der Waals surface area contributed by atoms with Gasteiger partial charge >= 0.3 is 0 Å². The maximum atomic E-state index is 3.49. The molecule has 1 aliphatic carbocycles. The van der Waals surface area contributed by atoms with Crippen LogP contribution in [0.5, 0.6) is 0 Å². The first-order chi connectivity index (χ1) is 7.36. The molecule has 0 heteroatoms. The van der Waals surface area contributed by atoms with Gasteiger partial charge in [0.05, 0.1) is 0 Å². The molecule has 0 amide bonds. The van der Waals surface area contributed by atoms with Crippen LogP contribution in [0.15, 0.2) is 36.0 Å². The van der Waals surface area contributed by atoms with Crippen molar-refractivity contribution in [2.45, 2.75) is 19.8 Å². The molecule has 0 fully saturated rings. The van der Waals surface area contributed by atoms with E-state index in [1.165, 1.54) is 5.57 Å². The molecule has 1 rings (SSSR count). The average molecular weight is 192 g/mol. The first-order valence-corrected chi connectivity index (χ1v) is 4.80. The lowest BCUT2D eigenvalue weighted by Crippen LogP contribution is -1.88. The van der Waals surface area contributed by atoms with Crippen LogP contribution >= 0.6 is 0 Å². The van der Waals surface area contributed by atoms with Gasteiger partial charge in [-0.05, 0) is 37.7 Å². The summed E-state index contributed by atoms with van der Waals surface area (Å²) in [7, 11) is 0. The molecular weight excluding hydrogens is 180 g/mol. The molecule has 0 spiro atoms. The molecule has 0 nitrogen and oxygen atoms in total.